The van der Waals surface area contributed by atoms with Gasteiger partial charge in [0.2, 0.25) is 0 Å². The first-order valence-corrected chi connectivity index (χ1v) is 10.4. The lowest BCUT2D eigenvalue weighted by molar-refractivity contribution is 0.0643. The molecule has 4 aromatic rings. The van der Waals surface area contributed by atoms with Gasteiger partial charge in [0.1, 0.15) is 24.3 Å². The highest BCUT2D eigenvalue weighted by atomic mass is 19.1. The van der Waals surface area contributed by atoms with E-state index < -0.39 is 6.10 Å². The lowest BCUT2D eigenvalue weighted by atomic mass is 10.0. The average Bonchev–Trinajstić information content (AvgIpc) is 3.34. The summed E-state index contributed by atoms with van der Waals surface area (Å²) in [6.45, 7) is 3.60. The number of para-hydroxylation sites is 1. The summed E-state index contributed by atoms with van der Waals surface area (Å²) in [5, 5.41) is 12.3. The Morgan fingerprint density at radius 3 is 3.00 bits per heavy atom. The number of nitrogens with zero attached hydrogens (tertiary/aromatic N) is 1. The summed E-state index contributed by atoms with van der Waals surface area (Å²) in [6.07, 6.45) is 1.83. The van der Waals surface area contributed by atoms with Crippen molar-refractivity contribution in [2.75, 3.05) is 19.7 Å². The number of hydrogen-bond donors (Lipinski definition) is 3. The summed E-state index contributed by atoms with van der Waals surface area (Å²) < 4.78 is 19.6. The van der Waals surface area contributed by atoms with Crippen molar-refractivity contribution in [3.8, 4) is 5.75 Å². The molecule has 0 amide bonds. The van der Waals surface area contributed by atoms with Crippen molar-refractivity contribution in [1.29, 1.82) is 0 Å². The normalized spacial score (nSPS) is 15.3. The minimum atomic E-state index is -0.680. The number of benzene rings is 2. The van der Waals surface area contributed by atoms with Gasteiger partial charge in [0.25, 0.3) is 0 Å². The third-order valence-electron chi connectivity index (χ3n) is 5.97. The topological polar surface area (TPSA) is 81.3 Å². The van der Waals surface area contributed by atoms with Crippen molar-refractivity contribution in [2.45, 2.75) is 26.0 Å². The molecule has 1 aliphatic heterocycles. The van der Waals surface area contributed by atoms with E-state index in [1.807, 2.05) is 18.2 Å². The molecule has 6 nitrogen and oxygen atoms in total. The fourth-order valence-corrected chi connectivity index (χ4v) is 4.47. The molecule has 160 valence electrons. The van der Waals surface area contributed by atoms with Crippen molar-refractivity contribution >= 4 is 27.6 Å². The van der Waals surface area contributed by atoms with Gasteiger partial charge in [-0.3, -0.25) is 9.69 Å². The van der Waals surface area contributed by atoms with Crippen LogP contribution in [0.2, 0.25) is 0 Å². The van der Waals surface area contributed by atoms with E-state index in [2.05, 4.69) is 14.9 Å². The molecule has 3 N–H and O–H groups in total. The predicted molar refractivity (Wildman–Crippen MR) is 117 cm³/mol. The largest absolute Gasteiger partial charge is 0.489 e. The molecular formula is C24H24FN3O3. The fraction of sp³-hybridized carbons (Fsp3) is 0.292. The molecular weight excluding hydrogens is 397 g/mol. The van der Waals surface area contributed by atoms with Crippen LogP contribution in [-0.2, 0) is 13.0 Å². The molecule has 1 atom stereocenters. The van der Waals surface area contributed by atoms with Crippen molar-refractivity contribution in [3.05, 3.63) is 65.2 Å². The van der Waals surface area contributed by atoms with E-state index in [1.54, 1.807) is 18.3 Å². The van der Waals surface area contributed by atoms with Gasteiger partial charge in [0, 0.05) is 59.8 Å². The van der Waals surface area contributed by atoms with Crippen LogP contribution in [0.25, 0.3) is 21.8 Å². The lowest BCUT2D eigenvalue weighted by Crippen LogP contribution is -2.38. The minimum absolute atomic E-state index is 0.00920. The fourth-order valence-electron chi connectivity index (χ4n) is 4.47. The Morgan fingerprint density at radius 1 is 1.29 bits per heavy atom. The van der Waals surface area contributed by atoms with Crippen LogP contribution in [-0.4, -0.2) is 51.6 Å². The summed E-state index contributed by atoms with van der Waals surface area (Å²) in [7, 11) is 0. The van der Waals surface area contributed by atoms with Crippen LogP contribution in [0.3, 0.4) is 0 Å². The van der Waals surface area contributed by atoms with Gasteiger partial charge in [0.05, 0.1) is 5.52 Å². The number of carbonyl (C=O) groups excluding carboxylic acids is 1. The summed E-state index contributed by atoms with van der Waals surface area (Å²) in [5.41, 5.74) is 4.56. The molecule has 0 fully saturated rings. The van der Waals surface area contributed by atoms with Crippen LogP contribution < -0.4 is 4.74 Å². The number of aromatic nitrogens is 2. The number of ketones is 1. The Kier molecular flexibility index (Phi) is 5.00. The zero-order valence-electron chi connectivity index (χ0n) is 17.2. The first-order valence-electron chi connectivity index (χ1n) is 10.4. The number of aliphatic hydroxyl groups excluding tert-OH is 1. The predicted octanol–water partition coefficient (Wildman–Crippen LogP) is 3.79. The van der Waals surface area contributed by atoms with E-state index in [9.17, 15) is 14.3 Å². The average molecular weight is 421 g/mol. The number of aliphatic hydroxyl groups is 1. The number of β-amino-alcohol motifs (C(OH)–C–C–N with tert-alkyl or cyclic N) is 1. The highest BCUT2D eigenvalue weighted by molar-refractivity contribution is 6.07. The molecule has 3 heterocycles. The molecule has 1 aliphatic rings. The molecule has 0 bridgehead atoms. The Labute approximate surface area is 178 Å². The van der Waals surface area contributed by atoms with Gasteiger partial charge in [-0.05, 0) is 36.8 Å². The number of fused-ring (bicyclic) bond motifs is 4. The molecule has 31 heavy (non-hydrogen) atoms. The highest BCUT2D eigenvalue weighted by Crippen LogP contribution is 2.29. The number of rotatable bonds is 6. The van der Waals surface area contributed by atoms with Crippen LogP contribution in [0.15, 0.2) is 42.6 Å². The minimum Gasteiger partial charge on any atom is -0.489 e. The lowest BCUT2D eigenvalue weighted by Gasteiger charge is -2.29. The molecule has 2 aromatic carbocycles. The van der Waals surface area contributed by atoms with Gasteiger partial charge in [0.15, 0.2) is 5.78 Å². The van der Waals surface area contributed by atoms with E-state index in [0.717, 1.165) is 46.0 Å². The number of hydrogen-bond acceptors (Lipinski definition) is 4. The number of nitrogens with one attached hydrogen (secondary N) is 2. The molecule has 0 saturated heterocycles. The second kappa shape index (κ2) is 7.83. The molecule has 5 rings (SSSR count). The van der Waals surface area contributed by atoms with E-state index in [-0.39, 0.29) is 18.2 Å². The Morgan fingerprint density at radius 2 is 2.16 bits per heavy atom. The van der Waals surface area contributed by atoms with Crippen LogP contribution in [0.1, 0.15) is 28.5 Å². The molecule has 1 unspecified atom stereocenters. The molecule has 0 saturated carbocycles. The summed E-state index contributed by atoms with van der Waals surface area (Å²) >= 11 is 0. The van der Waals surface area contributed by atoms with Gasteiger partial charge >= 0.3 is 0 Å². The van der Waals surface area contributed by atoms with Gasteiger partial charge in [-0.25, -0.2) is 4.39 Å². The van der Waals surface area contributed by atoms with E-state index in [1.165, 1.54) is 13.0 Å². The maximum absolute atomic E-state index is 13.7. The van der Waals surface area contributed by atoms with Gasteiger partial charge in [-0.1, -0.05) is 12.1 Å². The Balaban J connectivity index is 1.25. The van der Waals surface area contributed by atoms with E-state index in [0.29, 0.717) is 24.4 Å². The molecule has 0 radical (unpaired) electrons. The van der Waals surface area contributed by atoms with Crippen molar-refractivity contribution in [1.82, 2.24) is 14.9 Å². The zero-order valence-corrected chi connectivity index (χ0v) is 17.2. The number of aromatic amines is 2. The second-order valence-electron chi connectivity index (χ2n) is 8.16. The van der Waals surface area contributed by atoms with Crippen molar-refractivity contribution < 1.29 is 19.0 Å². The highest BCUT2D eigenvalue weighted by Gasteiger charge is 2.23. The van der Waals surface area contributed by atoms with Crippen LogP contribution in [0.4, 0.5) is 4.39 Å². The number of ether oxygens (including phenoxy) is 1. The first kappa shape index (κ1) is 19.8. The SMILES string of the molecule is CC(=O)c1c[nH]c2c(OCC(O)CN3CCc4[nH]c5ccc(F)cc5c4C3)cccc12. The smallest absolute Gasteiger partial charge is 0.161 e. The van der Waals surface area contributed by atoms with E-state index >= 15 is 0 Å². The van der Waals surface area contributed by atoms with Crippen LogP contribution >= 0.6 is 0 Å². The number of carbonyl (C=O) groups is 1. The van der Waals surface area contributed by atoms with Crippen molar-refractivity contribution in [3.63, 3.8) is 0 Å². The van der Waals surface area contributed by atoms with Crippen LogP contribution in [0.5, 0.6) is 5.75 Å². The third-order valence-corrected chi connectivity index (χ3v) is 5.97. The summed E-state index contributed by atoms with van der Waals surface area (Å²) in [4.78, 5) is 20.4. The Bertz CT molecular complexity index is 1280. The zero-order chi connectivity index (χ0) is 21.5. The van der Waals surface area contributed by atoms with Gasteiger partial charge in [-0.15, -0.1) is 0 Å². The standard InChI is InChI=1S/C24H24FN3O3/c1-14(29)19-10-26-24-17(19)3-2-4-23(24)31-13-16(30)11-28-8-7-22-20(12-28)18-9-15(25)5-6-21(18)27-22/h2-6,9-10,16,26-27,30H,7-8,11-13H2,1H3. The third kappa shape index (κ3) is 3.71. The second-order valence-corrected chi connectivity index (χ2v) is 8.16. The van der Waals surface area contributed by atoms with Crippen LogP contribution in [0, 0.1) is 5.82 Å². The maximum atomic E-state index is 13.7. The van der Waals surface area contributed by atoms with Crippen molar-refractivity contribution in [2.24, 2.45) is 0 Å². The molecule has 0 spiro atoms. The van der Waals surface area contributed by atoms with Gasteiger partial charge < -0.3 is 19.8 Å². The summed E-state index contributed by atoms with van der Waals surface area (Å²) in [6, 6.07) is 10.3. The first-order chi connectivity index (χ1) is 15.0. The van der Waals surface area contributed by atoms with E-state index in [4.69, 9.17) is 4.74 Å². The number of halogens is 1. The molecule has 7 heteroatoms. The number of Topliss-reactive ketones (excluding diaryl/α,β-unsaturated/α-hetero) is 1. The monoisotopic (exact) mass is 421 g/mol. The van der Waals surface area contributed by atoms with Gasteiger partial charge in [-0.2, -0.15) is 0 Å². The quantitative estimate of drug-likeness (QED) is 0.414. The maximum Gasteiger partial charge on any atom is 0.161 e. The molecule has 0 aliphatic carbocycles. The Hall–Kier alpha value is -3.16. The number of H-pyrrole nitrogens is 2. The summed E-state index contributed by atoms with van der Waals surface area (Å²) in [5.74, 6) is 0.355. The molecule has 2 aromatic heterocycles.